The zero-order valence-corrected chi connectivity index (χ0v) is 15.4. The van der Waals surface area contributed by atoms with Crippen molar-refractivity contribution in [1.29, 1.82) is 0 Å². The van der Waals surface area contributed by atoms with E-state index < -0.39 is 10.8 Å². The van der Waals surface area contributed by atoms with Crippen LogP contribution in [0.1, 0.15) is 35.8 Å². The van der Waals surface area contributed by atoms with E-state index in [1.807, 2.05) is 30.3 Å². The van der Waals surface area contributed by atoms with Crippen LogP contribution in [0.4, 0.5) is 0 Å². The van der Waals surface area contributed by atoms with E-state index in [0.29, 0.717) is 5.16 Å². The maximum Gasteiger partial charge on any atom is 0.202 e. The normalized spacial score (nSPS) is 18.3. The maximum absolute atomic E-state index is 13.5. The molecule has 0 spiro atoms. The fourth-order valence-corrected chi connectivity index (χ4v) is 5.26. The standard InChI is InChI=1S/C19H21N3O3S/c1-25-16-10-11-20-18-13(16)6-2-5-9-17(18)26(24)19-21-14-7-3-4-8-15(14)22(19)12-23/h3-4,7-8,10-11,17,23H,2,5-6,9,12H2,1H3. The average Bonchev–Trinajstić information content (AvgIpc) is 2.92. The largest absolute Gasteiger partial charge is 0.496 e. The first-order valence-corrected chi connectivity index (χ1v) is 9.94. The van der Waals surface area contributed by atoms with E-state index in [2.05, 4.69) is 9.97 Å². The van der Waals surface area contributed by atoms with Crippen LogP contribution in [0.25, 0.3) is 11.0 Å². The van der Waals surface area contributed by atoms with E-state index in [0.717, 1.165) is 53.7 Å². The number of aliphatic hydroxyl groups is 1. The van der Waals surface area contributed by atoms with E-state index in [1.165, 1.54) is 0 Å². The van der Waals surface area contributed by atoms with Gasteiger partial charge >= 0.3 is 0 Å². The van der Waals surface area contributed by atoms with Crippen LogP contribution < -0.4 is 4.74 Å². The van der Waals surface area contributed by atoms with Crippen molar-refractivity contribution in [2.75, 3.05) is 7.11 Å². The quantitative estimate of drug-likeness (QED) is 0.714. The summed E-state index contributed by atoms with van der Waals surface area (Å²) in [5, 5.41) is 9.98. The minimum absolute atomic E-state index is 0.257. The van der Waals surface area contributed by atoms with Crippen molar-refractivity contribution >= 4 is 21.8 Å². The first-order valence-electron chi connectivity index (χ1n) is 8.73. The number of ether oxygens (including phenoxy) is 1. The molecule has 0 amide bonds. The summed E-state index contributed by atoms with van der Waals surface area (Å²) >= 11 is 0. The van der Waals surface area contributed by atoms with Crippen molar-refractivity contribution in [3.05, 3.63) is 47.8 Å². The summed E-state index contributed by atoms with van der Waals surface area (Å²) in [6.45, 7) is -0.257. The first kappa shape index (κ1) is 17.2. The minimum atomic E-state index is -1.42. The van der Waals surface area contributed by atoms with Crippen LogP contribution >= 0.6 is 0 Å². The lowest BCUT2D eigenvalue weighted by molar-refractivity contribution is 0.204. The molecule has 0 bridgehead atoms. The summed E-state index contributed by atoms with van der Waals surface area (Å²) < 4.78 is 20.6. The Morgan fingerprint density at radius 3 is 2.96 bits per heavy atom. The third-order valence-corrected chi connectivity index (χ3v) is 6.56. The van der Waals surface area contributed by atoms with Crippen LogP contribution in [0.15, 0.2) is 41.7 Å². The molecule has 6 nitrogen and oxygen atoms in total. The molecule has 0 radical (unpaired) electrons. The number of hydrogen-bond acceptors (Lipinski definition) is 5. The Labute approximate surface area is 154 Å². The van der Waals surface area contributed by atoms with E-state index in [1.54, 1.807) is 17.9 Å². The van der Waals surface area contributed by atoms with E-state index in [-0.39, 0.29) is 12.0 Å². The first-order chi connectivity index (χ1) is 12.7. The SMILES string of the molecule is COc1ccnc2c1CCCCC2S(=O)c1nc2ccccc2n1CO. The smallest absolute Gasteiger partial charge is 0.202 e. The summed E-state index contributed by atoms with van der Waals surface area (Å²) in [6.07, 6.45) is 5.33. The molecule has 136 valence electrons. The lowest BCUT2D eigenvalue weighted by Crippen LogP contribution is -2.15. The van der Waals surface area contributed by atoms with Crippen molar-refractivity contribution in [2.45, 2.75) is 42.8 Å². The molecule has 1 aliphatic carbocycles. The number of pyridine rings is 1. The number of hydrogen-bond donors (Lipinski definition) is 1. The summed E-state index contributed by atoms with van der Waals surface area (Å²) in [6, 6.07) is 9.37. The molecule has 2 heterocycles. The Balaban J connectivity index is 1.83. The van der Waals surface area contributed by atoms with Crippen LogP contribution in [0.5, 0.6) is 5.75 Å². The molecule has 0 saturated heterocycles. The number of benzene rings is 1. The van der Waals surface area contributed by atoms with E-state index in [4.69, 9.17) is 4.74 Å². The Bertz CT molecular complexity index is 970. The Kier molecular flexibility index (Phi) is 4.74. The third-order valence-electron chi connectivity index (χ3n) is 4.91. The maximum atomic E-state index is 13.5. The van der Waals surface area contributed by atoms with Crippen molar-refractivity contribution in [1.82, 2.24) is 14.5 Å². The molecule has 3 aromatic rings. The number of methoxy groups -OCH3 is 1. The van der Waals surface area contributed by atoms with Gasteiger partial charge in [-0.15, -0.1) is 0 Å². The second-order valence-corrected chi connectivity index (χ2v) is 7.89. The number of fused-ring (bicyclic) bond motifs is 2. The van der Waals surface area contributed by atoms with Gasteiger partial charge < -0.3 is 9.84 Å². The molecule has 4 rings (SSSR count). The van der Waals surface area contributed by atoms with Gasteiger partial charge in [-0.3, -0.25) is 13.8 Å². The zero-order chi connectivity index (χ0) is 18.1. The highest BCUT2D eigenvalue weighted by Gasteiger charge is 2.31. The fraction of sp³-hybridized carbons (Fsp3) is 0.368. The summed E-state index contributed by atoms with van der Waals surface area (Å²) in [5.74, 6) is 0.801. The molecule has 2 unspecified atom stereocenters. The number of rotatable bonds is 4. The molecular formula is C19H21N3O3S. The van der Waals surface area contributed by atoms with Gasteiger partial charge in [0.2, 0.25) is 5.16 Å². The monoisotopic (exact) mass is 371 g/mol. The molecule has 0 fully saturated rings. The highest BCUT2D eigenvalue weighted by atomic mass is 32.2. The summed E-state index contributed by atoms with van der Waals surface area (Å²) in [5.41, 5.74) is 3.39. The predicted molar refractivity (Wildman–Crippen MR) is 99.4 cm³/mol. The lowest BCUT2D eigenvalue weighted by atomic mass is 10.1. The van der Waals surface area contributed by atoms with Gasteiger partial charge in [-0.25, -0.2) is 4.98 Å². The van der Waals surface area contributed by atoms with Crippen molar-refractivity contribution in [2.24, 2.45) is 0 Å². The predicted octanol–water partition coefficient (Wildman–Crippen LogP) is 2.97. The van der Waals surface area contributed by atoms with Crippen LogP contribution in [0.2, 0.25) is 0 Å². The second-order valence-electron chi connectivity index (χ2n) is 6.36. The molecule has 0 saturated carbocycles. The van der Waals surface area contributed by atoms with Crippen molar-refractivity contribution in [3.8, 4) is 5.75 Å². The van der Waals surface area contributed by atoms with Gasteiger partial charge in [-0.2, -0.15) is 0 Å². The molecule has 2 atom stereocenters. The fourth-order valence-electron chi connectivity index (χ4n) is 3.66. The van der Waals surface area contributed by atoms with Gasteiger partial charge in [0.15, 0.2) is 0 Å². The topological polar surface area (TPSA) is 77.2 Å². The molecule has 7 heteroatoms. The van der Waals surface area contributed by atoms with Gasteiger partial charge in [-0.05, 0) is 37.5 Å². The van der Waals surface area contributed by atoms with Crippen LogP contribution in [-0.4, -0.2) is 31.0 Å². The Morgan fingerprint density at radius 2 is 2.15 bits per heavy atom. The van der Waals surface area contributed by atoms with Crippen LogP contribution in [-0.2, 0) is 24.0 Å². The molecule has 1 aromatic carbocycles. The number of imidazole rings is 1. The summed E-state index contributed by atoms with van der Waals surface area (Å²) in [7, 11) is 0.228. The number of aliphatic hydroxyl groups excluding tert-OH is 1. The van der Waals surface area contributed by atoms with Gasteiger partial charge in [0.05, 0.1) is 39.9 Å². The number of para-hydroxylation sites is 2. The number of nitrogens with zero attached hydrogens (tertiary/aromatic N) is 3. The molecule has 0 aliphatic heterocycles. The van der Waals surface area contributed by atoms with Gasteiger partial charge in [0, 0.05) is 11.8 Å². The molecular weight excluding hydrogens is 350 g/mol. The molecule has 1 N–H and O–H groups in total. The van der Waals surface area contributed by atoms with E-state index >= 15 is 0 Å². The minimum Gasteiger partial charge on any atom is -0.496 e. The second kappa shape index (κ2) is 7.17. The van der Waals surface area contributed by atoms with Crippen molar-refractivity contribution < 1.29 is 14.1 Å². The molecule has 2 aromatic heterocycles. The van der Waals surface area contributed by atoms with Crippen LogP contribution in [0.3, 0.4) is 0 Å². The highest BCUT2D eigenvalue weighted by molar-refractivity contribution is 7.85. The van der Waals surface area contributed by atoms with Crippen molar-refractivity contribution in [3.63, 3.8) is 0 Å². The molecule has 1 aliphatic rings. The number of aromatic nitrogens is 3. The van der Waals surface area contributed by atoms with E-state index in [9.17, 15) is 9.32 Å². The lowest BCUT2D eigenvalue weighted by Gasteiger charge is -2.17. The zero-order valence-electron chi connectivity index (χ0n) is 14.6. The van der Waals surface area contributed by atoms with Crippen LogP contribution in [0, 0.1) is 0 Å². The van der Waals surface area contributed by atoms with Gasteiger partial charge in [-0.1, -0.05) is 18.6 Å². The highest BCUT2D eigenvalue weighted by Crippen LogP contribution is 2.38. The summed E-state index contributed by atoms with van der Waals surface area (Å²) in [4.78, 5) is 9.10. The molecule has 26 heavy (non-hydrogen) atoms. The Hall–Kier alpha value is -2.25. The van der Waals surface area contributed by atoms with Gasteiger partial charge in [0.1, 0.15) is 12.5 Å². The van der Waals surface area contributed by atoms with Gasteiger partial charge in [0.25, 0.3) is 0 Å². The third kappa shape index (κ3) is 2.81. The average molecular weight is 371 g/mol. The Morgan fingerprint density at radius 1 is 1.31 bits per heavy atom.